The maximum absolute atomic E-state index is 6.03. The number of hydrogen-bond acceptors (Lipinski definition) is 2. The van der Waals surface area contributed by atoms with Crippen molar-refractivity contribution >= 4 is 17.3 Å². The molecule has 0 radical (unpaired) electrons. The largest absolute Gasteiger partial charge is 0.376 e. The summed E-state index contributed by atoms with van der Waals surface area (Å²) in [4.78, 5) is 2.31. The van der Waals surface area contributed by atoms with Crippen molar-refractivity contribution in [3.63, 3.8) is 0 Å². The Morgan fingerprint density at radius 3 is 2.82 bits per heavy atom. The molecule has 0 aromatic heterocycles. The van der Waals surface area contributed by atoms with E-state index in [1.54, 1.807) is 0 Å². The Morgan fingerprint density at radius 1 is 1.47 bits per heavy atom. The van der Waals surface area contributed by atoms with Crippen LogP contribution in [0.1, 0.15) is 24.5 Å². The van der Waals surface area contributed by atoms with Crippen LogP contribution in [0.25, 0.3) is 0 Å². The van der Waals surface area contributed by atoms with E-state index in [1.807, 2.05) is 0 Å². The lowest BCUT2D eigenvalue weighted by Gasteiger charge is -2.30. The predicted octanol–water partition coefficient (Wildman–Crippen LogP) is 3.35. The van der Waals surface area contributed by atoms with Gasteiger partial charge in [0.15, 0.2) is 0 Å². The molecule has 0 aliphatic carbocycles. The minimum atomic E-state index is 0.296. The standard InChI is InChI=1S/C14H20ClNO/c1-10-4-5-14(12(8-10)9-15)16(3)13-6-7-17-11(13)2/h4-5,8,11,13H,6-7,9H2,1-3H3. The summed E-state index contributed by atoms with van der Waals surface area (Å²) in [6, 6.07) is 6.93. The van der Waals surface area contributed by atoms with E-state index in [0.29, 0.717) is 18.0 Å². The summed E-state index contributed by atoms with van der Waals surface area (Å²) in [6.07, 6.45) is 1.39. The number of nitrogens with zero attached hydrogens (tertiary/aromatic N) is 1. The summed E-state index contributed by atoms with van der Waals surface area (Å²) in [7, 11) is 2.14. The third-order valence-electron chi connectivity index (χ3n) is 3.59. The zero-order valence-electron chi connectivity index (χ0n) is 10.7. The van der Waals surface area contributed by atoms with Gasteiger partial charge in [-0.25, -0.2) is 0 Å². The Bertz CT molecular complexity index is 394. The molecule has 1 aromatic rings. The molecule has 1 aliphatic rings. The SMILES string of the molecule is Cc1ccc(N(C)C2CCOC2C)c(CCl)c1. The van der Waals surface area contributed by atoms with E-state index in [4.69, 9.17) is 16.3 Å². The van der Waals surface area contributed by atoms with Gasteiger partial charge in [0.25, 0.3) is 0 Å². The van der Waals surface area contributed by atoms with Gasteiger partial charge >= 0.3 is 0 Å². The second-order valence-electron chi connectivity index (χ2n) is 4.81. The predicted molar refractivity (Wildman–Crippen MR) is 73.0 cm³/mol. The summed E-state index contributed by atoms with van der Waals surface area (Å²) < 4.78 is 5.63. The van der Waals surface area contributed by atoms with Gasteiger partial charge in [0, 0.05) is 25.2 Å². The summed E-state index contributed by atoms with van der Waals surface area (Å²) in [5, 5.41) is 0. The van der Waals surface area contributed by atoms with Crippen LogP contribution >= 0.6 is 11.6 Å². The number of alkyl halides is 1. The zero-order valence-corrected chi connectivity index (χ0v) is 11.5. The van der Waals surface area contributed by atoms with Gasteiger partial charge < -0.3 is 9.64 Å². The van der Waals surface area contributed by atoms with E-state index < -0.39 is 0 Å². The molecule has 1 aliphatic heterocycles. The average molecular weight is 254 g/mol. The molecular weight excluding hydrogens is 234 g/mol. The first kappa shape index (κ1) is 12.7. The molecule has 0 amide bonds. The quantitative estimate of drug-likeness (QED) is 0.766. The van der Waals surface area contributed by atoms with Crippen LogP contribution in [0.3, 0.4) is 0 Å². The maximum atomic E-state index is 6.03. The Kier molecular flexibility index (Phi) is 3.95. The Hall–Kier alpha value is -0.730. The Labute approximate surface area is 109 Å². The maximum Gasteiger partial charge on any atom is 0.0750 e. The third kappa shape index (κ3) is 2.58. The fraction of sp³-hybridized carbons (Fsp3) is 0.571. The van der Waals surface area contributed by atoms with Crippen LogP contribution in [-0.4, -0.2) is 25.8 Å². The van der Waals surface area contributed by atoms with E-state index >= 15 is 0 Å². The molecule has 2 atom stereocenters. The second-order valence-corrected chi connectivity index (χ2v) is 5.08. The minimum Gasteiger partial charge on any atom is -0.376 e. The minimum absolute atomic E-state index is 0.296. The first-order valence-electron chi connectivity index (χ1n) is 6.13. The van der Waals surface area contributed by atoms with Crippen molar-refractivity contribution in [1.82, 2.24) is 0 Å². The number of benzene rings is 1. The lowest BCUT2D eigenvalue weighted by molar-refractivity contribution is 0.118. The van der Waals surface area contributed by atoms with Gasteiger partial charge in [0.05, 0.1) is 12.1 Å². The lowest BCUT2D eigenvalue weighted by Crippen LogP contribution is -2.37. The summed E-state index contributed by atoms with van der Waals surface area (Å²) in [5.41, 5.74) is 3.69. The number of halogens is 1. The van der Waals surface area contributed by atoms with Gasteiger partial charge in [-0.15, -0.1) is 11.6 Å². The van der Waals surface area contributed by atoms with Crippen LogP contribution in [0, 0.1) is 6.92 Å². The molecule has 2 nitrogen and oxygen atoms in total. The van der Waals surface area contributed by atoms with E-state index in [9.17, 15) is 0 Å². The highest BCUT2D eigenvalue weighted by molar-refractivity contribution is 6.17. The normalized spacial score (nSPS) is 24.0. The number of hydrogen-bond donors (Lipinski definition) is 0. The highest BCUT2D eigenvalue weighted by atomic mass is 35.5. The second kappa shape index (κ2) is 5.28. The van der Waals surface area contributed by atoms with Crippen LogP contribution in [-0.2, 0) is 10.6 Å². The fourth-order valence-corrected chi connectivity index (χ4v) is 2.79. The van der Waals surface area contributed by atoms with Gasteiger partial charge in [-0.3, -0.25) is 0 Å². The van der Waals surface area contributed by atoms with Crippen molar-refractivity contribution in [3.8, 4) is 0 Å². The molecule has 1 aromatic carbocycles. The zero-order chi connectivity index (χ0) is 12.4. The molecule has 1 saturated heterocycles. The monoisotopic (exact) mass is 253 g/mol. The molecular formula is C14H20ClNO. The molecule has 2 rings (SSSR count). The van der Waals surface area contributed by atoms with Crippen molar-refractivity contribution < 1.29 is 4.74 Å². The van der Waals surface area contributed by atoms with Crippen LogP contribution in [0.4, 0.5) is 5.69 Å². The fourth-order valence-electron chi connectivity index (χ4n) is 2.57. The highest BCUT2D eigenvalue weighted by Crippen LogP contribution is 2.28. The van der Waals surface area contributed by atoms with Crippen molar-refractivity contribution in [3.05, 3.63) is 29.3 Å². The average Bonchev–Trinajstić information content (AvgIpc) is 2.74. The molecule has 17 heavy (non-hydrogen) atoms. The number of likely N-dealkylation sites (N-methyl/N-ethyl adjacent to an activating group) is 1. The topological polar surface area (TPSA) is 12.5 Å². The number of aryl methyl sites for hydroxylation is 1. The van der Waals surface area contributed by atoms with Gasteiger partial charge in [-0.05, 0) is 31.9 Å². The van der Waals surface area contributed by atoms with Gasteiger partial charge in [0.2, 0.25) is 0 Å². The first-order valence-corrected chi connectivity index (χ1v) is 6.67. The van der Waals surface area contributed by atoms with E-state index in [-0.39, 0.29) is 0 Å². The Balaban J connectivity index is 2.26. The molecule has 1 heterocycles. The van der Waals surface area contributed by atoms with Gasteiger partial charge in [0.1, 0.15) is 0 Å². The van der Waals surface area contributed by atoms with Crippen molar-refractivity contribution in [1.29, 1.82) is 0 Å². The van der Waals surface area contributed by atoms with E-state index in [2.05, 4.69) is 44.0 Å². The van der Waals surface area contributed by atoms with Gasteiger partial charge in [-0.2, -0.15) is 0 Å². The number of rotatable bonds is 3. The van der Waals surface area contributed by atoms with Crippen LogP contribution in [0.5, 0.6) is 0 Å². The van der Waals surface area contributed by atoms with Crippen LogP contribution in [0.15, 0.2) is 18.2 Å². The summed E-state index contributed by atoms with van der Waals surface area (Å²) in [5.74, 6) is 0.559. The van der Waals surface area contributed by atoms with Crippen molar-refractivity contribution in [2.45, 2.75) is 38.3 Å². The summed E-state index contributed by atoms with van der Waals surface area (Å²) in [6.45, 7) is 5.10. The molecule has 94 valence electrons. The first-order chi connectivity index (χ1) is 8.13. The van der Waals surface area contributed by atoms with Crippen molar-refractivity contribution in [2.24, 2.45) is 0 Å². The van der Waals surface area contributed by atoms with Gasteiger partial charge in [-0.1, -0.05) is 17.7 Å². The third-order valence-corrected chi connectivity index (χ3v) is 3.88. The number of anilines is 1. The van der Waals surface area contributed by atoms with E-state index in [0.717, 1.165) is 13.0 Å². The molecule has 3 heteroatoms. The molecule has 0 spiro atoms. The van der Waals surface area contributed by atoms with Crippen molar-refractivity contribution in [2.75, 3.05) is 18.6 Å². The molecule has 0 bridgehead atoms. The number of ether oxygens (including phenoxy) is 1. The Morgan fingerprint density at radius 2 is 2.24 bits per heavy atom. The highest BCUT2D eigenvalue weighted by Gasteiger charge is 2.28. The smallest absolute Gasteiger partial charge is 0.0750 e. The van der Waals surface area contributed by atoms with Crippen LogP contribution in [0.2, 0.25) is 0 Å². The summed E-state index contributed by atoms with van der Waals surface area (Å²) >= 11 is 6.03. The van der Waals surface area contributed by atoms with E-state index in [1.165, 1.54) is 16.8 Å². The molecule has 0 saturated carbocycles. The lowest BCUT2D eigenvalue weighted by atomic mass is 10.1. The van der Waals surface area contributed by atoms with Crippen LogP contribution < -0.4 is 4.90 Å². The molecule has 2 unspecified atom stereocenters. The molecule has 0 N–H and O–H groups in total. The molecule has 1 fully saturated rings.